The van der Waals surface area contributed by atoms with Crippen LogP contribution in [-0.2, 0) is 10.0 Å². The zero-order chi connectivity index (χ0) is 17.2. The van der Waals surface area contributed by atoms with Crippen LogP contribution in [0.1, 0.15) is 34.8 Å². The SMILES string of the molecule is COc1ccc(C(=O)O)cc1S(=O)(=O)NC(C)c1ccc(C)o1. The summed E-state index contributed by atoms with van der Waals surface area (Å²) in [6.07, 6.45) is 0. The number of aryl methyl sites for hydroxylation is 1. The predicted molar refractivity (Wildman–Crippen MR) is 82.1 cm³/mol. The summed E-state index contributed by atoms with van der Waals surface area (Å²) in [5.41, 5.74) is -0.146. The lowest BCUT2D eigenvalue weighted by atomic mass is 10.2. The Morgan fingerprint density at radius 2 is 2.00 bits per heavy atom. The number of carboxylic acids is 1. The van der Waals surface area contributed by atoms with E-state index in [2.05, 4.69) is 4.72 Å². The van der Waals surface area contributed by atoms with Gasteiger partial charge < -0.3 is 14.3 Å². The first-order valence-electron chi connectivity index (χ1n) is 6.74. The van der Waals surface area contributed by atoms with Crippen molar-refractivity contribution in [3.05, 3.63) is 47.4 Å². The topological polar surface area (TPSA) is 106 Å². The van der Waals surface area contributed by atoms with Crippen LogP contribution < -0.4 is 9.46 Å². The van der Waals surface area contributed by atoms with Gasteiger partial charge in [-0.05, 0) is 44.2 Å². The average molecular weight is 339 g/mol. The molecule has 23 heavy (non-hydrogen) atoms. The number of ether oxygens (including phenoxy) is 1. The fourth-order valence-corrected chi connectivity index (χ4v) is 3.47. The molecule has 0 aliphatic rings. The minimum absolute atomic E-state index is 0.0605. The van der Waals surface area contributed by atoms with Crippen molar-refractivity contribution in [1.29, 1.82) is 0 Å². The number of carbonyl (C=O) groups is 1. The molecule has 0 saturated carbocycles. The zero-order valence-electron chi connectivity index (χ0n) is 12.9. The van der Waals surface area contributed by atoms with Crippen molar-refractivity contribution in [3.63, 3.8) is 0 Å². The van der Waals surface area contributed by atoms with Crippen LogP contribution in [0.2, 0.25) is 0 Å². The van der Waals surface area contributed by atoms with Crippen LogP contribution in [0.15, 0.2) is 39.6 Å². The maximum atomic E-state index is 12.6. The van der Waals surface area contributed by atoms with Gasteiger partial charge in [0.05, 0.1) is 18.7 Å². The fraction of sp³-hybridized carbons (Fsp3) is 0.267. The maximum absolute atomic E-state index is 12.6. The van der Waals surface area contributed by atoms with Crippen LogP contribution in [0.25, 0.3) is 0 Å². The number of hydrogen-bond acceptors (Lipinski definition) is 5. The second-order valence-electron chi connectivity index (χ2n) is 4.96. The van der Waals surface area contributed by atoms with Crippen LogP contribution in [0, 0.1) is 6.92 Å². The summed E-state index contributed by atoms with van der Waals surface area (Å²) >= 11 is 0. The number of furan rings is 1. The Labute approximate surface area is 133 Å². The van der Waals surface area contributed by atoms with Gasteiger partial charge in [-0.15, -0.1) is 0 Å². The van der Waals surface area contributed by atoms with E-state index in [1.165, 1.54) is 19.2 Å². The van der Waals surface area contributed by atoms with Crippen LogP contribution >= 0.6 is 0 Å². The van der Waals surface area contributed by atoms with E-state index in [1.54, 1.807) is 26.0 Å². The van der Waals surface area contributed by atoms with Gasteiger partial charge in [-0.25, -0.2) is 17.9 Å². The first-order valence-corrected chi connectivity index (χ1v) is 8.23. The van der Waals surface area contributed by atoms with Crippen molar-refractivity contribution in [1.82, 2.24) is 4.72 Å². The largest absolute Gasteiger partial charge is 0.495 e. The molecule has 2 N–H and O–H groups in total. The molecule has 0 aliphatic carbocycles. The minimum Gasteiger partial charge on any atom is -0.495 e. The van der Waals surface area contributed by atoms with Gasteiger partial charge in [0, 0.05) is 0 Å². The number of rotatable bonds is 6. The molecule has 124 valence electrons. The van der Waals surface area contributed by atoms with E-state index in [1.807, 2.05) is 0 Å². The molecule has 0 radical (unpaired) electrons. The third kappa shape index (κ3) is 3.72. The number of hydrogen-bond donors (Lipinski definition) is 2. The number of sulfonamides is 1. The molecule has 0 spiro atoms. The van der Waals surface area contributed by atoms with Crippen LogP contribution in [0.5, 0.6) is 5.75 Å². The zero-order valence-corrected chi connectivity index (χ0v) is 13.7. The quantitative estimate of drug-likeness (QED) is 0.837. The number of benzene rings is 1. The average Bonchev–Trinajstić information content (AvgIpc) is 2.92. The molecule has 0 fully saturated rings. The highest BCUT2D eigenvalue weighted by atomic mass is 32.2. The van der Waals surface area contributed by atoms with Gasteiger partial charge in [0.2, 0.25) is 10.0 Å². The van der Waals surface area contributed by atoms with Gasteiger partial charge in [-0.3, -0.25) is 0 Å². The van der Waals surface area contributed by atoms with Crippen molar-refractivity contribution in [2.24, 2.45) is 0 Å². The molecule has 0 bridgehead atoms. The Morgan fingerprint density at radius 3 is 2.52 bits per heavy atom. The highest BCUT2D eigenvalue weighted by Crippen LogP contribution is 2.27. The summed E-state index contributed by atoms with van der Waals surface area (Å²) < 4.78 is 38.0. The van der Waals surface area contributed by atoms with Crippen molar-refractivity contribution in [3.8, 4) is 5.75 Å². The lowest BCUT2D eigenvalue weighted by Crippen LogP contribution is -2.27. The van der Waals surface area contributed by atoms with Gasteiger partial charge in [0.1, 0.15) is 22.2 Å². The fourth-order valence-electron chi connectivity index (χ4n) is 2.06. The molecule has 1 unspecified atom stereocenters. The summed E-state index contributed by atoms with van der Waals surface area (Å²) in [7, 11) is -2.68. The van der Waals surface area contributed by atoms with Crippen molar-refractivity contribution in [2.75, 3.05) is 7.11 Å². The lowest BCUT2D eigenvalue weighted by molar-refractivity contribution is 0.0696. The van der Waals surface area contributed by atoms with E-state index < -0.39 is 22.0 Å². The van der Waals surface area contributed by atoms with E-state index >= 15 is 0 Å². The predicted octanol–water partition coefficient (Wildman–Crippen LogP) is 2.33. The molecule has 8 heteroatoms. The molecule has 1 heterocycles. The maximum Gasteiger partial charge on any atom is 0.335 e. The van der Waals surface area contributed by atoms with Crippen LogP contribution in [-0.4, -0.2) is 26.6 Å². The second-order valence-corrected chi connectivity index (χ2v) is 6.64. The summed E-state index contributed by atoms with van der Waals surface area (Å²) in [5.74, 6) is -0.0416. The Kier molecular flexibility index (Phi) is 4.76. The molecule has 0 saturated heterocycles. The molecule has 2 aromatic rings. The minimum atomic E-state index is -4.00. The Balaban J connectivity index is 2.38. The molecule has 1 atom stereocenters. The summed E-state index contributed by atoms with van der Waals surface area (Å²) in [4.78, 5) is 10.8. The standard InChI is InChI=1S/C15H17NO6S/c1-9-4-6-12(22-9)10(2)16-23(19,20)14-8-11(15(17)18)5-7-13(14)21-3/h4-8,10,16H,1-3H3,(H,17,18). The van der Waals surface area contributed by atoms with E-state index in [0.29, 0.717) is 11.5 Å². The summed E-state index contributed by atoms with van der Waals surface area (Å²) in [6.45, 7) is 3.38. The molecule has 2 rings (SSSR count). The van der Waals surface area contributed by atoms with E-state index in [-0.39, 0.29) is 16.2 Å². The van der Waals surface area contributed by atoms with Gasteiger partial charge >= 0.3 is 5.97 Å². The third-order valence-electron chi connectivity index (χ3n) is 3.22. The van der Waals surface area contributed by atoms with Gasteiger partial charge in [0.25, 0.3) is 0 Å². The molecule has 1 aromatic carbocycles. The monoisotopic (exact) mass is 339 g/mol. The summed E-state index contributed by atoms with van der Waals surface area (Å²) in [5, 5.41) is 9.03. The Bertz CT molecular complexity index is 824. The third-order valence-corrected chi connectivity index (χ3v) is 4.78. The molecular formula is C15H17NO6S. The highest BCUT2D eigenvalue weighted by Gasteiger charge is 2.25. The number of carboxylic acid groups (broad SMARTS) is 1. The van der Waals surface area contributed by atoms with Crippen molar-refractivity contribution < 1.29 is 27.5 Å². The van der Waals surface area contributed by atoms with E-state index in [0.717, 1.165) is 6.07 Å². The van der Waals surface area contributed by atoms with Gasteiger partial charge in [0.15, 0.2) is 0 Å². The van der Waals surface area contributed by atoms with E-state index in [9.17, 15) is 13.2 Å². The molecule has 1 aromatic heterocycles. The van der Waals surface area contributed by atoms with E-state index in [4.69, 9.17) is 14.3 Å². The smallest absolute Gasteiger partial charge is 0.335 e. The lowest BCUT2D eigenvalue weighted by Gasteiger charge is -2.15. The van der Waals surface area contributed by atoms with Crippen molar-refractivity contribution >= 4 is 16.0 Å². The number of aromatic carboxylic acids is 1. The first-order chi connectivity index (χ1) is 10.7. The number of nitrogens with one attached hydrogen (secondary N) is 1. The molecular weight excluding hydrogens is 322 g/mol. The van der Waals surface area contributed by atoms with Crippen molar-refractivity contribution in [2.45, 2.75) is 24.8 Å². The molecule has 0 aliphatic heterocycles. The second kappa shape index (κ2) is 6.43. The highest BCUT2D eigenvalue weighted by molar-refractivity contribution is 7.89. The van der Waals surface area contributed by atoms with Crippen LogP contribution in [0.4, 0.5) is 0 Å². The summed E-state index contributed by atoms with van der Waals surface area (Å²) in [6, 6.07) is 6.43. The van der Waals surface area contributed by atoms with Gasteiger partial charge in [-0.2, -0.15) is 0 Å². The first kappa shape index (κ1) is 17.0. The normalized spacial score (nSPS) is 12.8. The molecule has 0 amide bonds. The molecule has 7 nitrogen and oxygen atoms in total. The van der Waals surface area contributed by atoms with Crippen LogP contribution in [0.3, 0.4) is 0 Å². The Hall–Kier alpha value is -2.32. The van der Waals surface area contributed by atoms with Gasteiger partial charge in [-0.1, -0.05) is 0 Å². The number of methoxy groups -OCH3 is 1. The Morgan fingerprint density at radius 1 is 1.30 bits per heavy atom.